The Morgan fingerprint density at radius 2 is 1.90 bits per heavy atom. The molecule has 2 aliphatic heterocycles. The van der Waals surface area contributed by atoms with Gasteiger partial charge in [0.05, 0.1) is 5.69 Å². The molecule has 3 amide bonds. The summed E-state index contributed by atoms with van der Waals surface area (Å²) < 4.78 is 13.3. The van der Waals surface area contributed by atoms with Crippen LogP contribution in [0.2, 0.25) is 0 Å². The second-order valence-corrected chi connectivity index (χ2v) is 7.03. The van der Waals surface area contributed by atoms with Crippen molar-refractivity contribution in [3.8, 4) is 0 Å². The number of carbonyl (C=O) groups is 3. The molecule has 0 unspecified atom stereocenters. The second-order valence-electron chi connectivity index (χ2n) is 7.03. The SMILES string of the molecule is Cc1ccc(N2C(=O)[C@@H]3N=NN(CC(=O)Nc4cccc(F)c4)[C@H]3C2=O)cc1C. The van der Waals surface area contributed by atoms with Crippen LogP contribution in [0, 0.1) is 19.7 Å². The Balaban J connectivity index is 1.50. The number of carbonyl (C=O) groups excluding carboxylic acids is 3. The minimum absolute atomic E-state index is 0.285. The van der Waals surface area contributed by atoms with E-state index in [0.717, 1.165) is 16.0 Å². The first-order valence-corrected chi connectivity index (χ1v) is 9.03. The molecule has 0 spiro atoms. The van der Waals surface area contributed by atoms with Crippen LogP contribution >= 0.6 is 0 Å². The van der Waals surface area contributed by atoms with Gasteiger partial charge in [-0.15, -0.1) is 0 Å². The molecule has 0 saturated carbocycles. The van der Waals surface area contributed by atoms with Gasteiger partial charge in [-0.05, 0) is 55.3 Å². The third-order valence-corrected chi connectivity index (χ3v) is 5.02. The standard InChI is InChI=1S/C20H18FN5O3/c1-11-6-7-15(8-12(11)2)26-19(28)17-18(20(26)29)25(24-23-17)10-16(27)22-14-5-3-4-13(21)9-14/h3-9,17-18H,10H2,1-2H3,(H,22,27)/t17-,18-/m1/s1. The molecule has 0 bridgehead atoms. The van der Waals surface area contributed by atoms with Gasteiger partial charge >= 0.3 is 0 Å². The maximum atomic E-state index is 13.3. The van der Waals surface area contributed by atoms with Gasteiger partial charge in [0.2, 0.25) is 5.91 Å². The molecule has 148 valence electrons. The number of fused-ring (bicyclic) bond motifs is 1. The average Bonchev–Trinajstić information content (AvgIpc) is 3.18. The molecule has 1 N–H and O–H groups in total. The van der Waals surface area contributed by atoms with Gasteiger partial charge in [-0.1, -0.05) is 17.4 Å². The molecular formula is C20H18FN5O3. The number of benzene rings is 2. The summed E-state index contributed by atoms with van der Waals surface area (Å²) in [5, 5.41) is 11.5. The molecule has 0 aromatic heterocycles. The lowest BCUT2D eigenvalue weighted by atomic mass is 10.1. The van der Waals surface area contributed by atoms with Gasteiger partial charge < -0.3 is 5.32 Å². The first kappa shape index (κ1) is 18.7. The molecule has 2 aliphatic rings. The molecule has 2 atom stereocenters. The Kier molecular flexibility index (Phi) is 4.57. The third kappa shape index (κ3) is 3.35. The molecular weight excluding hydrogens is 377 g/mol. The number of halogens is 1. The van der Waals surface area contributed by atoms with Gasteiger partial charge in [0.1, 0.15) is 12.4 Å². The molecule has 0 aliphatic carbocycles. The van der Waals surface area contributed by atoms with Gasteiger partial charge in [-0.25, -0.2) is 9.29 Å². The van der Waals surface area contributed by atoms with Crippen molar-refractivity contribution in [1.82, 2.24) is 5.01 Å². The largest absolute Gasteiger partial charge is 0.324 e. The van der Waals surface area contributed by atoms with E-state index in [9.17, 15) is 18.8 Å². The number of nitrogens with zero attached hydrogens (tertiary/aromatic N) is 4. The van der Waals surface area contributed by atoms with E-state index in [0.29, 0.717) is 5.69 Å². The maximum Gasteiger partial charge on any atom is 0.263 e. The zero-order valence-corrected chi connectivity index (χ0v) is 15.8. The topological polar surface area (TPSA) is 94.4 Å². The summed E-state index contributed by atoms with van der Waals surface area (Å²) in [6.45, 7) is 3.54. The molecule has 4 rings (SSSR count). The lowest BCUT2D eigenvalue weighted by Crippen LogP contribution is -2.43. The maximum absolute atomic E-state index is 13.3. The Labute approximate surface area is 166 Å². The smallest absolute Gasteiger partial charge is 0.263 e. The van der Waals surface area contributed by atoms with E-state index in [-0.39, 0.29) is 12.2 Å². The Bertz CT molecular complexity index is 1050. The van der Waals surface area contributed by atoms with Crippen molar-refractivity contribution in [3.05, 3.63) is 59.4 Å². The monoisotopic (exact) mass is 395 g/mol. The number of aryl methyl sites for hydroxylation is 2. The van der Waals surface area contributed by atoms with Gasteiger partial charge in [-0.3, -0.25) is 19.4 Å². The Morgan fingerprint density at radius 1 is 1.10 bits per heavy atom. The number of nitrogens with one attached hydrogen (secondary N) is 1. The Hall–Kier alpha value is -3.62. The summed E-state index contributed by atoms with van der Waals surface area (Å²) in [7, 11) is 0. The minimum Gasteiger partial charge on any atom is -0.324 e. The average molecular weight is 395 g/mol. The number of anilines is 2. The number of imide groups is 1. The summed E-state index contributed by atoms with van der Waals surface area (Å²) in [4.78, 5) is 39.1. The van der Waals surface area contributed by atoms with Crippen LogP contribution in [0.3, 0.4) is 0 Å². The van der Waals surface area contributed by atoms with Gasteiger partial charge in [-0.2, -0.15) is 5.11 Å². The molecule has 1 saturated heterocycles. The molecule has 9 heteroatoms. The van der Waals surface area contributed by atoms with Crippen LogP contribution in [0.15, 0.2) is 52.8 Å². The first-order chi connectivity index (χ1) is 13.8. The van der Waals surface area contributed by atoms with E-state index in [1.54, 1.807) is 18.2 Å². The van der Waals surface area contributed by atoms with Crippen LogP contribution in [0.5, 0.6) is 0 Å². The molecule has 2 aromatic carbocycles. The first-order valence-electron chi connectivity index (χ1n) is 9.03. The highest BCUT2D eigenvalue weighted by Crippen LogP contribution is 2.32. The fourth-order valence-corrected chi connectivity index (χ4v) is 3.39. The van der Waals surface area contributed by atoms with E-state index in [1.165, 1.54) is 23.2 Å². The predicted octanol–water partition coefficient (Wildman–Crippen LogP) is 2.37. The molecule has 1 fully saturated rings. The van der Waals surface area contributed by atoms with E-state index < -0.39 is 35.6 Å². The van der Waals surface area contributed by atoms with Crippen molar-refractivity contribution in [2.24, 2.45) is 10.3 Å². The summed E-state index contributed by atoms with van der Waals surface area (Å²) >= 11 is 0. The molecule has 0 radical (unpaired) electrons. The Morgan fingerprint density at radius 3 is 2.62 bits per heavy atom. The summed E-state index contributed by atoms with van der Waals surface area (Å²) in [5.74, 6) is -1.93. The van der Waals surface area contributed by atoms with Crippen LogP contribution in [-0.4, -0.2) is 41.4 Å². The fourth-order valence-electron chi connectivity index (χ4n) is 3.39. The molecule has 8 nitrogen and oxygen atoms in total. The van der Waals surface area contributed by atoms with E-state index in [4.69, 9.17) is 0 Å². The number of hydrogen-bond donors (Lipinski definition) is 1. The van der Waals surface area contributed by atoms with Crippen molar-refractivity contribution in [1.29, 1.82) is 0 Å². The van der Waals surface area contributed by atoms with E-state index in [2.05, 4.69) is 15.7 Å². The third-order valence-electron chi connectivity index (χ3n) is 5.02. The van der Waals surface area contributed by atoms with Gasteiger partial charge in [0, 0.05) is 5.69 Å². The van der Waals surface area contributed by atoms with Crippen LogP contribution in [0.25, 0.3) is 0 Å². The normalized spacial score (nSPS) is 20.4. The van der Waals surface area contributed by atoms with Crippen LogP contribution in [0.4, 0.5) is 15.8 Å². The van der Waals surface area contributed by atoms with Crippen LogP contribution in [-0.2, 0) is 14.4 Å². The summed E-state index contributed by atoms with van der Waals surface area (Å²) in [6.07, 6.45) is 0. The summed E-state index contributed by atoms with van der Waals surface area (Å²) in [5.41, 5.74) is 2.75. The molecule has 2 heterocycles. The number of amides is 3. The van der Waals surface area contributed by atoms with Crippen molar-refractivity contribution in [2.75, 3.05) is 16.8 Å². The van der Waals surface area contributed by atoms with Crippen molar-refractivity contribution in [2.45, 2.75) is 25.9 Å². The summed E-state index contributed by atoms with van der Waals surface area (Å²) in [6, 6.07) is 8.82. The van der Waals surface area contributed by atoms with Crippen LogP contribution < -0.4 is 10.2 Å². The van der Waals surface area contributed by atoms with Crippen molar-refractivity contribution < 1.29 is 18.8 Å². The predicted molar refractivity (Wildman–Crippen MR) is 103 cm³/mol. The quantitative estimate of drug-likeness (QED) is 0.804. The molecule has 2 aromatic rings. The fraction of sp³-hybridized carbons (Fsp3) is 0.250. The number of hydrogen-bond acceptors (Lipinski definition) is 6. The highest BCUT2D eigenvalue weighted by Gasteiger charge is 2.55. The van der Waals surface area contributed by atoms with Gasteiger partial charge in [0.15, 0.2) is 12.1 Å². The van der Waals surface area contributed by atoms with Crippen molar-refractivity contribution in [3.63, 3.8) is 0 Å². The second kappa shape index (κ2) is 7.08. The zero-order chi connectivity index (χ0) is 20.7. The zero-order valence-electron chi connectivity index (χ0n) is 15.8. The van der Waals surface area contributed by atoms with Gasteiger partial charge in [0.25, 0.3) is 11.8 Å². The highest BCUT2D eigenvalue weighted by atomic mass is 19.1. The van der Waals surface area contributed by atoms with E-state index in [1.807, 2.05) is 19.9 Å². The van der Waals surface area contributed by atoms with E-state index >= 15 is 0 Å². The number of rotatable bonds is 4. The van der Waals surface area contributed by atoms with Crippen molar-refractivity contribution >= 4 is 29.1 Å². The highest BCUT2D eigenvalue weighted by molar-refractivity contribution is 6.25. The van der Waals surface area contributed by atoms with Crippen LogP contribution in [0.1, 0.15) is 11.1 Å². The molecule has 29 heavy (non-hydrogen) atoms. The lowest BCUT2D eigenvalue weighted by molar-refractivity contribution is -0.123. The lowest BCUT2D eigenvalue weighted by Gasteiger charge is -2.20. The minimum atomic E-state index is -0.980.